The first-order valence-electron chi connectivity index (χ1n) is 6.94. The molecule has 0 amide bonds. The fraction of sp³-hybridized carbons (Fsp3) is 0.929. The third-order valence-corrected chi connectivity index (χ3v) is 4.30. The van der Waals surface area contributed by atoms with E-state index >= 15 is 0 Å². The lowest BCUT2D eigenvalue weighted by Crippen LogP contribution is -2.53. The second kappa shape index (κ2) is 4.96. The number of hydrogen-bond donors (Lipinski definition) is 1. The second-order valence-electron chi connectivity index (χ2n) is 6.34. The zero-order valence-corrected chi connectivity index (χ0v) is 11.4. The predicted octanol–water partition coefficient (Wildman–Crippen LogP) is 2.00. The van der Waals surface area contributed by atoms with Gasteiger partial charge in [-0.05, 0) is 44.6 Å². The van der Waals surface area contributed by atoms with Crippen LogP contribution in [0.4, 0.5) is 0 Å². The van der Waals surface area contributed by atoms with Gasteiger partial charge in [-0.1, -0.05) is 13.8 Å². The van der Waals surface area contributed by atoms with Crippen LogP contribution >= 0.6 is 0 Å². The first-order valence-corrected chi connectivity index (χ1v) is 6.94. The maximum absolute atomic E-state index is 9.37. The van der Waals surface area contributed by atoms with E-state index in [-0.39, 0.29) is 5.54 Å². The second-order valence-corrected chi connectivity index (χ2v) is 6.34. The van der Waals surface area contributed by atoms with Crippen LogP contribution in [0, 0.1) is 23.2 Å². The number of likely N-dealkylation sites (tertiary alicyclic amines) is 1. The molecule has 0 radical (unpaired) electrons. The first kappa shape index (κ1) is 12.9. The van der Waals surface area contributed by atoms with Crippen molar-refractivity contribution in [1.29, 1.82) is 5.26 Å². The van der Waals surface area contributed by atoms with Gasteiger partial charge in [0.1, 0.15) is 5.54 Å². The number of nitrogens with zero attached hydrogens (tertiary/aromatic N) is 2. The molecule has 2 rings (SSSR count). The lowest BCUT2D eigenvalue weighted by molar-refractivity contribution is 0.117. The zero-order chi connectivity index (χ0) is 12.5. The van der Waals surface area contributed by atoms with Crippen molar-refractivity contribution in [2.75, 3.05) is 19.6 Å². The van der Waals surface area contributed by atoms with Crippen LogP contribution in [0.3, 0.4) is 0 Å². The summed E-state index contributed by atoms with van der Waals surface area (Å²) >= 11 is 0. The minimum Gasteiger partial charge on any atom is -0.300 e. The van der Waals surface area contributed by atoms with Gasteiger partial charge < -0.3 is 4.90 Å². The molecular formula is C14H25N3. The molecular weight excluding hydrogens is 210 g/mol. The molecule has 1 aliphatic carbocycles. The quantitative estimate of drug-likeness (QED) is 0.810. The van der Waals surface area contributed by atoms with Crippen molar-refractivity contribution < 1.29 is 0 Å². The van der Waals surface area contributed by atoms with E-state index in [1.165, 1.54) is 19.3 Å². The fourth-order valence-electron chi connectivity index (χ4n) is 2.73. The van der Waals surface area contributed by atoms with Gasteiger partial charge in [-0.15, -0.1) is 0 Å². The van der Waals surface area contributed by atoms with Crippen LogP contribution in [0.1, 0.15) is 40.0 Å². The summed E-state index contributed by atoms with van der Waals surface area (Å²) in [5.41, 5.74) is -0.360. The average Bonchev–Trinajstić information content (AvgIpc) is 3.07. The van der Waals surface area contributed by atoms with Crippen LogP contribution in [-0.2, 0) is 0 Å². The Labute approximate surface area is 105 Å². The van der Waals surface area contributed by atoms with Gasteiger partial charge in [0.2, 0.25) is 0 Å². The van der Waals surface area contributed by atoms with Gasteiger partial charge in [0.15, 0.2) is 0 Å². The van der Waals surface area contributed by atoms with Crippen molar-refractivity contribution >= 4 is 0 Å². The van der Waals surface area contributed by atoms with Crippen LogP contribution in [0.5, 0.6) is 0 Å². The van der Waals surface area contributed by atoms with Crippen molar-refractivity contribution in [3.63, 3.8) is 0 Å². The molecule has 3 unspecified atom stereocenters. The molecule has 2 fully saturated rings. The summed E-state index contributed by atoms with van der Waals surface area (Å²) in [4.78, 5) is 2.46. The van der Waals surface area contributed by atoms with Crippen molar-refractivity contribution in [2.24, 2.45) is 11.8 Å². The van der Waals surface area contributed by atoms with Crippen molar-refractivity contribution in [2.45, 2.75) is 51.6 Å². The molecule has 17 heavy (non-hydrogen) atoms. The molecule has 1 aliphatic heterocycles. The van der Waals surface area contributed by atoms with E-state index in [1.807, 2.05) is 6.92 Å². The molecule has 3 nitrogen and oxygen atoms in total. The van der Waals surface area contributed by atoms with Gasteiger partial charge in [0.05, 0.1) is 6.07 Å². The molecule has 1 N–H and O–H groups in total. The Balaban J connectivity index is 1.87. The topological polar surface area (TPSA) is 39.1 Å². The minimum atomic E-state index is -0.360. The number of nitrogens with one attached hydrogen (secondary N) is 1. The summed E-state index contributed by atoms with van der Waals surface area (Å²) in [6.07, 6.45) is 3.75. The third kappa shape index (κ3) is 3.43. The standard InChI is InChI=1S/C14H25N3/c1-11-6-7-17(8-12(11)2)10-14(3,9-15)16-13-4-5-13/h11-13,16H,4-8,10H2,1-3H3. The van der Waals surface area contributed by atoms with Crippen LogP contribution in [0.2, 0.25) is 0 Å². The molecule has 2 aliphatic rings. The normalized spacial score (nSPS) is 34.0. The lowest BCUT2D eigenvalue weighted by atomic mass is 9.88. The maximum atomic E-state index is 9.37. The Morgan fingerprint density at radius 3 is 2.53 bits per heavy atom. The molecule has 0 aromatic rings. The van der Waals surface area contributed by atoms with Gasteiger partial charge in [-0.3, -0.25) is 5.32 Å². The van der Waals surface area contributed by atoms with Gasteiger partial charge in [-0.2, -0.15) is 5.26 Å². The molecule has 1 heterocycles. The van der Waals surface area contributed by atoms with E-state index in [9.17, 15) is 5.26 Å². The Kier molecular flexibility index (Phi) is 3.75. The molecule has 0 aromatic carbocycles. The molecule has 0 spiro atoms. The van der Waals surface area contributed by atoms with E-state index in [0.717, 1.165) is 31.5 Å². The van der Waals surface area contributed by atoms with E-state index < -0.39 is 0 Å². The summed E-state index contributed by atoms with van der Waals surface area (Å²) in [5, 5.41) is 12.9. The van der Waals surface area contributed by atoms with Gasteiger partial charge in [0, 0.05) is 19.1 Å². The highest BCUT2D eigenvalue weighted by Crippen LogP contribution is 2.26. The van der Waals surface area contributed by atoms with Crippen molar-refractivity contribution in [3.8, 4) is 6.07 Å². The summed E-state index contributed by atoms with van der Waals surface area (Å²) in [6, 6.07) is 3.07. The van der Waals surface area contributed by atoms with E-state index in [1.54, 1.807) is 0 Å². The molecule has 0 bridgehead atoms. The Morgan fingerprint density at radius 1 is 1.29 bits per heavy atom. The van der Waals surface area contributed by atoms with Gasteiger partial charge in [-0.25, -0.2) is 0 Å². The van der Waals surface area contributed by atoms with Gasteiger partial charge in [0.25, 0.3) is 0 Å². The van der Waals surface area contributed by atoms with E-state index in [2.05, 4.69) is 30.1 Å². The van der Waals surface area contributed by atoms with E-state index in [0.29, 0.717) is 6.04 Å². The average molecular weight is 235 g/mol. The van der Waals surface area contributed by atoms with Crippen LogP contribution in [0.25, 0.3) is 0 Å². The number of hydrogen-bond acceptors (Lipinski definition) is 3. The Bertz CT molecular complexity index is 305. The highest BCUT2D eigenvalue weighted by atomic mass is 15.2. The Hall–Kier alpha value is -0.590. The minimum absolute atomic E-state index is 0.360. The monoisotopic (exact) mass is 235 g/mol. The van der Waals surface area contributed by atoms with E-state index in [4.69, 9.17) is 0 Å². The molecule has 96 valence electrons. The third-order valence-electron chi connectivity index (χ3n) is 4.30. The van der Waals surface area contributed by atoms with Crippen molar-refractivity contribution in [3.05, 3.63) is 0 Å². The molecule has 1 saturated heterocycles. The number of nitriles is 1. The molecule has 0 aromatic heterocycles. The van der Waals surface area contributed by atoms with Crippen molar-refractivity contribution in [1.82, 2.24) is 10.2 Å². The van der Waals surface area contributed by atoms with Crippen LogP contribution < -0.4 is 5.32 Å². The van der Waals surface area contributed by atoms with Gasteiger partial charge >= 0.3 is 0 Å². The largest absolute Gasteiger partial charge is 0.300 e. The molecule has 3 heteroatoms. The fourth-order valence-corrected chi connectivity index (χ4v) is 2.73. The Morgan fingerprint density at radius 2 is 2.00 bits per heavy atom. The predicted molar refractivity (Wildman–Crippen MR) is 69.6 cm³/mol. The SMILES string of the molecule is CC1CCN(CC(C)(C#N)NC2CC2)CC1C. The highest BCUT2D eigenvalue weighted by Gasteiger charge is 2.35. The zero-order valence-electron chi connectivity index (χ0n) is 11.4. The maximum Gasteiger partial charge on any atom is 0.116 e. The number of rotatable bonds is 4. The summed E-state index contributed by atoms with van der Waals surface area (Å²) < 4.78 is 0. The number of piperidine rings is 1. The summed E-state index contributed by atoms with van der Waals surface area (Å²) in [6.45, 7) is 9.88. The highest BCUT2D eigenvalue weighted by molar-refractivity contribution is 5.09. The smallest absolute Gasteiger partial charge is 0.116 e. The first-order chi connectivity index (χ1) is 8.02. The summed E-state index contributed by atoms with van der Waals surface area (Å²) in [7, 11) is 0. The van der Waals surface area contributed by atoms with Crippen LogP contribution in [-0.4, -0.2) is 36.1 Å². The molecule has 3 atom stereocenters. The van der Waals surface area contributed by atoms with Crippen LogP contribution in [0.15, 0.2) is 0 Å². The molecule has 1 saturated carbocycles. The summed E-state index contributed by atoms with van der Waals surface area (Å²) in [5.74, 6) is 1.59. The lowest BCUT2D eigenvalue weighted by Gasteiger charge is -2.39.